The fourth-order valence-corrected chi connectivity index (χ4v) is 2.37. The average molecular weight is 355 g/mol. The summed E-state index contributed by atoms with van der Waals surface area (Å²) in [5.41, 5.74) is 1.98. The summed E-state index contributed by atoms with van der Waals surface area (Å²) in [7, 11) is 0. The number of anilines is 1. The molecule has 0 aliphatic heterocycles. The lowest BCUT2D eigenvalue weighted by molar-refractivity contribution is -0.112. The van der Waals surface area contributed by atoms with E-state index in [2.05, 4.69) is 5.32 Å². The zero-order chi connectivity index (χ0) is 18.4. The van der Waals surface area contributed by atoms with Gasteiger partial charge in [0.15, 0.2) is 0 Å². The van der Waals surface area contributed by atoms with Crippen molar-refractivity contribution in [1.82, 2.24) is 0 Å². The van der Waals surface area contributed by atoms with E-state index in [0.29, 0.717) is 22.0 Å². The van der Waals surface area contributed by atoms with Gasteiger partial charge in [-0.2, -0.15) is 5.26 Å². The maximum absolute atomic E-state index is 12.5. The number of halogens is 1. The molecule has 0 spiro atoms. The van der Waals surface area contributed by atoms with E-state index in [1.165, 1.54) is 6.08 Å². The Balaban J connectivity index is 2.30. The van der Waals surface area contributed by atoms with Crippen molar-refractivity contribution in [2.24, 2.45) is 0 Å². The van der Waals surface area contributed by atoms with Crippen molar-refractivity contribution >= 4 is 29.3 Å². The van der Waals surface area contributed by atoms with Crippen LogP contribution in [0.15, 0.2) is 48.0 Å². The van der Waals surface area contributed by atoms with Crippen molar-refractivity contribution in [3.8, 4) is 11.8 Å². The molecular formula is C20H19ClN2O2. The molecule has 0 atom stereocenters. The summed E-state index contributed by atoms with van der Waals surface area (Å²) in [6, 6.07) is 14.4. The molecule has 0 aliphatic carbocycles. The fraction of sp³-hybridized carbons (Fsp3) is 0.200. The maximum Gasteiger partial charge on any atom is 0.266 e. The van der Waals surface area contributed by atoms with Gasteiger partial charge in [-0.15, -0.1) is 0 Å². The van der Waals surface area contributed by atoms with Gasteiger partial charge in [0.25, 0.3) is 5.91 Å². The zero-order valence-electron chi connectivity index (χ0n) is 14.3. The van der Waals surface area contributed by atoms with Crippen LogP contribution in [-0.4, -0.2) is 12.0 Å². The monoisotopic (exact) mass is 354 g/mol. The van der Waals surface area contributed by atoms with E-state index in [0.717, 1.165) is 5.56 Å². The summed E-state index contributed by atoms with van der Waals surface area (Å²) >= 11 is 6.06. The first-order chi connectivity index (χ1) is 11.9. The van der Waals surface area contributed by atoms with Gasteiger partial charge in [-0.3, -0.25) is 4.79 Å². The van der Waals surface area contributed by atoms with Crippen molar-refractivity contribution in [2.75, 3.05) is 5.32 Å². The predicted molar refractivity (Wildman–Crippen MR) is 101 cm³/mol. The van der Waals surface area contributed by atoms with Gasteiger partial charge in [-0.25, -0.2) is 0 Å². The second-order valence-electron chi connectivity index (χ2n) is 5.74. The van der Waals surface area contributed by atoms with Gasteiger partial charge in [-0.1, -0.05) is 35.9 Å². The highest BCUT2D eigenvalue weighted by Crippen LogP contribution is 2.25. The predicted octanol–water partition coefficient (Wildman–Crippen LogP) is 4.98. The lowest BCUT2D eigenvalue weighted by atomic mass is 10.1. The van der Waals surface area contributed by atoms with Gasteiger partial charge in [-0.05, 0) is 50.6 Å². The van der Waals surface area contributed by atoms with Crippen LogP contribution in [0.1, 0.15) is 25.0 Å². The van der Waals surface area contributed by atoms with E-state index >= 15 is 0 Å². The quantitative estimate of drug-likeness (QED) is 0.608. The van der Waals surface area contributed by atoms with E-state index in [-0.39, 0.29) is 11.7 Å². The molecule has 4 nitrogen and oxygen atoms in total. The topological polar surface area (TPSA) is 62.1 Å². The van der Waals surface area contributed by atoms with E-state index in [1.54, 1.807) is 37.3 Å². The first kappa shape index (κ1) is 18.6. The van der Waals surface area contributed by atoms with Crippen LogP contribution in [0.25, 0.3) is 6.08 Å². The number of benzene rings is 2. The Hall–Kier alpha value is -2.77. The molecule has 0 aromatic heterocycles. The molecule has 25 heavy (non-hydrogen) atoms. The van der Waals surface area contributed by atoms with Crippen LogP contribution in [0, 0.1) is 18.3 Å². The summed E-state index contributed by atoms with van der Waals surface area (Å²) in [5.74, 6) is 0.129. The zero-order valence-corrected chi connectivity index (χ0v) is 15.1. The third-order valence-corrected chi connectivity index (χ3v) is 3.87. The highest BCUT2D eigenvalue weighted by atomic mass is 35.5. The molecule has 0 radical (unpaired) electrons. The van der Waals surface area contributed by atoms with Crippen LogP contribution in [0.2, 0.25) is 5.02 Å². The third-order valence-electron chi connectivity index (χ3n) is 3.46. The first-order valence-corrected chi connectivity index (χ1v) is 8.24. The Kier molecular flexibility index (Phi) is 6.21. The summed E-state index contributed by atoms with van der Waals surface area (Å²) in [6.07, 6.45) is 1.51. The number of amides is 1. The van der Waals surface area contributed by atoms with Gasteiger partial charge in [0.2, 0.25) is 0 Å². The molecule has 2 aromatic carbocycles. The highest BCUT2D eigenvalue weighted by molar-refractivity contribution is 6.31. The molecular weight excluding hydrogens is 336 g/mol. The Morgan fingerprint density at radius 2 is 1.96 bits per heavy atom. The average Bonchev–Trinajstić information content (AvgIpc) is 2.57. The number of nitrogens with zero attached hydrogens (tertiary/aromatic N) is 1. The van der Waals surface area contributed by atoms with Crippen LogP contribution in [0.4, 0.5) is 5.69 Å². The van der Waals surface area contributed by atoms with Crippen LogP contribution in [-0.2, 0) is 4.79 Å². The van der Waals surface area contributed by atoms with Crippen molar-refractivity contribution in [3.05, 3.63) is 64.2 Å². The molecule has 0 aliphatic rings. The van der Waals surface area contributed by atoms with Crippen LogP contribution in [0.5, 0.6) is 5.75 Å². The molecule has 1 amide bonds. The summed E-state index contributed by atoms with van der Waals surface area (Å²) < 4.78 is 5.72. The SMILES string of the molecule is Cc1c(Cl)cccc1NC(=O)/C(C#N)=C/c1ccccc1OC(C)C. The van der Waals surface area contributed by atoms with E-state index in [4.69, 9.17) is 16.3 Å². The Bertz CT molecular complexity index is 851. The van der Waals surface area contributed by atoms with Crippen molar-refractivity contribution in [1.29, 1.82) is 5.26 Å². The maximum atomic E-state index is 12.5. The van der Waals surface area contributed by atoms with Gasteiger partial charge in [0.1, 0.15) is 17.4 Å². The number of hydrogen-bond acceptors (Lipinski definition) is 3. The van der Waals surface area contributed by atoms with E-state index in [1.807, 2.05) is 32.0 Å². The van der Waals surface area contributed by atoms with Crippen molar-refractivity contribution in [2.45, 2.75) is 26.9 Å². The highest BCUT2D eigenvalue weighted by Gasteiger charge is 2.13. The molecule has 0 bridgehead atoms. The largest absolute Gasteiger partial charge is 0.490 e. The number of para-hydroxylation sites is 1. The van der Waals surface area contributed by atoms with E-state index in [9.17, 15) is 10.1 Å². The lowest BCUT2D eigenvalue weighted by Crippen LogP contribution is -2.14. The summed E-state index contributed by atoms with van der Waals surface area (Å²) in [6.45, 7) is 5.64. The number of rotatable bonds is 5. The van der Waals surface area contributed by atoms with Crippen molar-refractivity contribution in [3.63, 3.8) is 0 Å². The molecule has 0 saturated heterocycles. The molecule has 1 N–H and O–H groups in total. The smallest absolute Gasteiger partial charge is 0.266 e. The number of carbonyl (C=O) groups is 1. The van der Waals surface area contributed by atoms with Crippen LogP contribution >= 0.6 is 11.6 Å². The van der Waals surface area contributed by atoms with Gasteiger partial charge >= 0.3 is 0 Å². The van der Waals surface area contributed by atoms with Gasteiger partial charge in [0.05, 0.1) is 6.10 Å². The normalized spacial score (nSPS) is 11.1. The van der Waals surface area contributed by atoms with Crippen LogP contribution in [0.3, 0.4) is 0 Å². The first-order valence-electron chi connectivity index (χ1n) is 7.86. The second kappa shape index (κ2) is 8.36. The lowest BCUT2D eigenvalue weighted by Gasteiger charge is -2.13. The Labute approximate surface area is 152 Å². The number of ether oxygens (including phenoxy) is 1. The minimum absolute atomic E-state index is 0.0111. The standard InChI is InChI=1S/C20H19ClN2O2/c1-13(2)25-19-10-5-4-7-15(19)11-16(12-22)20(24)23-18-9-6-8-17(21)14(18)3/h4-11,13H,1-3H3,(H,23,24)/b16-11+. The molecule has 2 rings (SSSR count). The summed E-state index contributed by atoms with van der Waals surface area (Å²) in [5, 5.41) is 12.7. The minimum atomic E-state index is -0.493. The third kappa shape index (κ3) is 4.85. The van der Waals surface area contributed by atoms with E-state index < -0.39 is 5.91 Å². The molecule has 128 valence electrons. The Morgan fingerprint density at radius 3 is 2.64 bits per heavy atom. The summed E-state index contributed by atoms with van der Waals surface area (Å²) in [4.78, 5) is 12.5. The van der Waals surface area contributed by atoms with Crippen molar-refractivity contribution < 1.29 is 9.53 Å². The number of nitrogens with one attached hydrogen (secondary N) is 1. The molecule has 0 unspecified atom stereocenters. The van der Waals surface area contributed by atoms with Gasteiger partial charge in [0, 0.05) is 16.3 Å². The molecule has 0 saturated carbocycles. The molecule has 5 heteroatoms. The number of nitriles is 1. The minimum Gasteiger partial charge on any atom is -0.490 e. The molecule has 0 fully saturated rings. The number of carbonyl (C=O) groups excluding carboxylic acids is 1. The fourth-order valence-electron chi connectivity index (χ4n) is 2.20. The van der Waals surface area contributed by atoms with Crippen LogP contribution < -0.4 is 10.1 Å². The Morgan fingerprint density at radius 1 is 1.24 bits per heavy atom. The molecule has 2 aromatic rings. The number of hydrogen-bond donors (Lipinski definition) is 1. The molecule has 0 heterocycles. The second-order valence-corrected chi connectivity index (χ2v) is 6.15. The van der Waals surface area contributed by atoms with Gasteiger partial charge < -0.3 is 10.1 Å².